The van der Waals surface area contributed by atoms with Crippen LogP contribution in [0.15, 0.2) is 12.4 Å². The Morgan fingerprint density at radius 3 is 2.32 bits per heavy atom. The number of ether oxygens (including phenoxy) is 1. The molecule has 2 N–H and O–H groups in total. The summed E-state index contributed by atoms with van der Waals surface area (Å²) in [4.78, 5) is 23.2. The quantitative estimate of drug-likeness (QED) is 0.324. The molecule has 2 aliphatic heterocycles. The largest absolute Gasteiger partial charge is 0.381 e. The first-order valence-electron chi connectivity index (χ1n) is 10.5. The van der Waals surface area contributed by atoms with Crippen LogP contribution in [-0.2, 0) is 26.0 Å². The Balaban J connectivity index is 0.00000341. The summed E-state index contributed by atoms with van der Waals surface area (Å²) in [5.74, 6) is -0.310. The summed E-state index contributed by atoms with van der Waals surface area (Å²) in [6.07, 6.45) is 8.13. The van der Waals surface area contributed by atoms with E-state index in [2.05, 4.69) is 16.9 Å². The van der Waals surface area contributed by atoms with Gasteiger partial charge in [-0.05, 0) is 18.4 Å². The lowest BCUT2D eigenvalue weighted by Gasteiger charge is -2.41. The molecule has 1 amide bonds. The van der Waals surface area contributed by atoms with Crippen molar-refractivity contribution < 1.29 is 23.2 Å². The maximum absolute atomic E-state index is 13.3. The molecule has 0 spiro atoms. The smallest absolute Gasteiger partial charge is 0.266 e. The molecule has 2 aliphatic rings. The highest BCUT2D eigenvalue weighted by Crippen LogP contribution is 2.33. The van der Waals surface area contributed by atoms with Crippen molar-refractivity contribution >= 4 is 34.3 Å². The van der Waals surface area contributed by atoms with E-state index in [1.165, 1.54) is 17.1 Å². The zero-order chi connectivity index (χ0) is 21.6. The van der Waals surface area contributed by atoms with Crippen LogP contribution in [0, 0.1) is 0 Å². The monoisotopic (exact) mass is 477 g/mol. The number of aryl methyl sites for hydroxylation is 1. The predicted octanol–water partition coefficient (Wildman–Crippen LogP) is 1.14. The maximum atomic E-state index is 13.3. The number of nitrogens with zero attached hydrogens (tertiary/aromatic N) is 4. The maximum Gasteiger partial charge on any atom is 0.266 e. The van der Waals surface area contributed by atoms with Crippen LogP contribution >= 0.6 is 12.4 Å². The summed E-state index contributed by atoms with van der Waals surface area (Å²) in [7, 11) is -3.97. The van der Waals surface area contributed by atoms with Crippen molar-refractivity contribution in [2.45, 2.75) is 50.2 Å². The number of aromatic nitrogens is 2. The summed E-state index contributed by atoms with van der Waals surface area (Å²) in [6.45, 7) is 3.80. The van der Waals surface area contributed by atoms with E-state index < -0.39 is 20.7 Å². The summed E-state index contributed by atoms with van der Waals surface area (Å²) in [5.41, 5.74) is 2.65. The number of hydrogen-bond donors (Lipinski definition) is 2. The topological polar surface area (TPSA) is 125 Å². The zero-order valence-corrected chi connectivity index (χ0v) is 19.5. The molecule has 2 saturated heterocycles. The number of piperazine rings is 1. The SMILES string of the molecule is CCCCCc1cnc(N2CCN(S(=O)(=O)C3(C(=O)NO)CCOCC3)CC2)nc1.Cl. The number of hydrogen-bond acceptors (Lipinski definition) is 8. The average Bonchev–Trinajstić information content (AvgIpc) is 2.79. The van der Waals surface area contributed by atoms with E-state index in [1.54, 1.807) is 5.48 Å². The minimum Gasteiger partial charge on any atom is -0.381 e. The first-order valence-corrected chi connectivity index (χ1v) is 12.0. The van der Waals surface area contributed by atoms with E-state index in [0.29, 0.717) is 19.0 Å². The van der Waals surface area contributed by atoms with Gasteiger partial charge in [-0.3, -0.25) is 10.0 Å². The van der Waals surface area contributed by atoms with E-state index in [0.717, 1.165) is 18.4 Å². The number of carbonyl (C=O) groups is 1. The van der Waals surface area contributed by atoms with Gasteiger partial charge in [-0.15, -0.1) is 12.4 Å². The van der Waals surface area contributed by atoms with Crippen LogP contribution < -0.4 is 10.4 Å². The fourth-order valence-electron chi connectivity index (χ4n) is 4.00. The Hall–Kier alpha value is -1.53. The molecule has 12 heteroatoms. The lowest BCUT2D eigenvalue weighted by atomic mass is 9.98. The minimum absolute atomic E-state index is 0. The third-order valence-electron chi connectivity index (χ3n) is 5.93. The molecule has 1 aromatic rings. The summed E-state index contributed by atoms with van der Waals surface area (Å²) in [6, 6.07) is 0. The fourth-order valence-corrected chi connectivity index (χ4v) is 6.10. The van der Waals surface area contributed by atoms with Gasteiger partial charge in [0.15, 0.2) is 4.75 Å². The first-order chi connectivity index (χ1) is 14.4. The van der Waals surface area contributed by atoms with Gasteiger partial charge >= 0.3 is 0 Å². The zero-order valence-electron chi connectivity index (χ0n) is 17.8. The molecule has 0 bridgehead atoms. The average molecular weight is 478 g/mol. The normalized spacial score (nSPS) is 19.5. The van der Waals surface area contributed by atoms with Crippen molar-refractivity contribution in [2.24, 2.45) is 0 Å². The van der Waals surface area contributed by atoms with Crippen molar-refractivity contribution in [3.05, 3.63) is 18.0 Å². The standard InChI is InChI=1S/C19H31N5O5S.ClH/c1-2-3-4-5-16-14-20-18(21-15-16)23-8-10-24(11-9-23)30(27,28)19(17(25)22-26)6-12-29-13-7-19;/h14-15,26H,2-13H2,1H3,(H,22,25);1H. The van der Waals surface area contributed by atoms with E-state index in [9.17, 15) is 13.2 Å². The molecule has 0 unspecified atom stereocenters. The van der Waals surface area contributed by atoms with Gasteiger partial charge in [-0.2, -0.15) is 4.31 Å². The molecule has 1 aromatic heterocycles. The highest BCUT2D eigenvalue weighted by atomic mass is 35.5. The molecule has 0 aromatic carbocycles. The van der Waals surface area contributed by atoms with Crippen LogP contribution in [0.4, 0.5) is 5.95 Å². The number of rotatable bonds is 8. The van der Waals surface area contributed by atoms with Crippen LogP contribution in [0.3, 0.4) is 0 Å². The second-order valence-corrected chi connectivity index (χ2v) is 10.0. The molecular formula is C19H32ClN5O5S. The van der Waals surface area contributed by atoms with Gasteiger partial charge in [-0.1, -0.05) is 19.8 Å². The molecule has 0 radical (unpaired) electrons. The molecule has 2 fully saturated rings. The van der Waals surface area contributed by atoms with E-state index in [-0.39, 0.29) is 51.6 Å². The number of sulfonamides is 1. The molecular weight excluding hydrogens is 446 g/mol. The molecule has 0 atom stereocenters. The lowest BCUT2D eigenvalue weighted by Crippen LogP contribution is -2.62. The highest BCUT2D eigenvalue weighted by Gasteiger charge is 2.54. The number of unbranched alkanes of at least 4 members (excludes halogenated alkanes) is 2. The molecule has 0 saturated carbocycles. The van der Waals surface area contributed by atoms with Crippen molar-refractivity contribution in [3.8, 4) is 0 Å². The summed E-state index contributed by atoms with van der Waals surface area (Å²) in [5, 5.41) is 9.15. The van der Waals surface area contributed by atoms with Crippen molar-refractivity contribution in [2.75, 3.05) is 44.3 Å². The summed E-state index contributed by atoms with van der Waals surface area (Å²) >= 11 is 0. The third-order valence-corrected chi connectivity index (χ3v) is 8.56. The molecule has 0 aliphatic carbocycles. The second-order valence-electron chi connectivity index (χ2n) is 7.79. The van der Waals surface area contributed by atoms with Crippen LogP contribution in [0.5, 0.6) is 0 Å². The molecule has 3 rings (SSSR count). The number of amides is 1. The van der Waals surface area contributed by atoms with E-state index in [1.807, 2.05) is 17.3 Å². The third kappa shape index (κ3) is 5.46. The Bertz CT molecular complexity index is 809. The number of nitrogens with one attached hydrogen (secondary N) is 1. The number of hydroxylamine groups is 1. The van der Waals surface area contributed by atoms with Crippen LogP contribution in [0.1, 0.15) is 44.6 Å². The Morgan fingerprint density at radius 1 is 1.16 bits per heavy atom. The van der Waals surface area contributed by atoms with Gasteiger partial charge in [0.1, 0.15) is 0 Å². The number of carbonyl (C=O) groups excluding carboxylic acids is 1. The van der Waals surface area contributed by atoms with Gasteiger partial charge in [0.05, 0.1) is 0 Å². The number of halogens is 1. The van der Waals surface area contributed by atoms with Gasteiger partial charge < -0.3 is 9.64 Å². The van der Waals surface area contributed by atoms with Crippen LogP contribution in [0.25, 0.3) is 0 Å². The van der Waals surface area contributed by atoms with Crippen LogP contribution in [-0.4, -0.2) is 77.9 Å². The Kier molecular flexibility index (Phi) is 9.44. The molecule has 31 heavy (non-hydrogen) atoms. The lowest BCUT2D eigenvalue weighted by molar-refractivity contribution is -0.134. The Labute approximate surface area is 189 Å². The number of anilines is 1. The minimum atomic E-state index is -3.97. The summed E-state index contributed by atoms with van der Waals surface area (Å²) < 4.78 is 31.5. The van der Waals surface area contributed by atoms with Crippen molar-refractivity contribution in [1.29, 1.82) is 0 Å². The highest BCUT2D eigenvalue weighted by molar-refractivity contribution is 7.91. The van der Waals surface area contributed by atoms with Gasteiger partial charge in [0.2, 0.25) is 16.0 Å². The van der Waals surface area contributed by atoms with Gasteiger partial charge in [0, 0.05) is 64.6 Å². The molecule has 3 heterocycles. The van der Waals surface area contributed by atoms with Crippen molar-refractivity contribution in [1.82, 2.24) is 19.8 Å². The Morgan fingerprint density at radius 2 is 1.77 bits per heavy atom. The van der Waals surface area contributed by atoms with Gasteiger partial charge in [0.25, 0.3) is 5.91 Å². The molecule has 176 valence electrons. The van der Waals surface area contributed by atoms with Crippen LogP contribution in [0.2, 0.25) is 0 Å². The van der Waals surface area contributed by atoms with E-state index >= 15 is 0 Å². The van der Waals surface area contributed by atoms with Crippen molar-refractivity contribution in [3.63, 3.8) is 0 Å². The first kappa shape index (κ1) is 25.7. The molecule has 10 nitrogen and oxygen atoms in total. The second kappa shape index (κ2) is 11.4. The fraction of sp³-hybridized carbons (Fsp3) is 0.737. The predicted molar refractivity (Wildman–Crippen MR) is 118 cm³/mol. The van der Waals surface area contributed by atoms with Gasteiger partial charge in [-0.25, -0.2) is 23.9 Å². The van der Waals surface area contributed by atoms with E-state index in [4.69, 9.17) is 9.94 Å².